The quantitative estimate of drug-likeness (QED) is 0.666. The Balaban J connectivity index is 1.52. The lowest BCUT2D eigenvalue weighted by atomic mass is 10.2. The number of anilines is 2. The van der Waals surface area contributed by atoms with Gasteiger partial charge >= 0.3 is 0 Å². The van der Waals surface area contributed by atoms with Crippen LogP contribution in [0.1, 0.15) is 0 Å². The monoisotopic (exact) mass is 367 g/mol. The first kappa shape index (κ1) is 16.0. The van der Waals surface area contributed by atoms with Crippen molar-refractivity contribution in [1.82, 2.24) is 9.97 Å². The molecule has 3 aromatic rings. The summed E-state index contributed by atoms with van der Waals surface area (Å²) in [6, 6.07) is 9.37. The van der Waals surface area contributed by atoms with Crippen LogP contribution in [0.25, 0.3) is 10.9 Å². The predicted molar refractivity (Wildman–Crippen MR) is 97.2 cm³/mol. The van der Waals surface area contributed by atoms with E-state index in [2.05, 4.69) is 15.3 Å². The minimum absolute atomic E-state index is 0.162. The maximum absolute atomic E-state index is 5.81. The van der Waals surface area contributed by atoms with Crippen LogP contribution in [0.4, 0.5) is 11.5 Å². The van der Waals surface area contributed by atoms with Crippen LogP contribution in [-0.2, 0) is 4.74 Å². The number of epoxide rings is 1. The molecule has 0 bridgehead atoms. The lowest BCUT2D eigenvalue weighted by Gasteiger charge is -2.14. The zero-order chi connectivity index (χ0) is 18.2. The van der Waals surface area contributed by atoms with E-state index in [1.54, 1.807) is 7.11 Å². The van der Waals surface area contributed by atoms with Gasteiger partial charge < -0.3 is 29.0 Å². The standard InChI is InChI=1S/C19H17N3O5/c1-23-16-5-12-14(6-17(16)25-8-11-7-24-11)20-9-21-19(12)22-13-3-2-4-15-18(13)27-10-26-15/h2-6,9,11H,7-8,10H2,1H3,(H,20,21,22). The van der Waals surface area contributed by atoms with Crippen molar-refractivity contribution in [2.45, 2.75) is 6.10 Å². The van der Waals surface area contributed by atoms with Crippen LogP contribution >= 0.6 is 0 Å². The Bertz CT molecular complexity index is 1010. The second-order valence-corrected chi connectivity index (χ2v) is 6.17. The molecular weight excluding hydrogens is 350 g/mol. The number of nitrogens with zero attached hydrogens (tertiary/aromatic N) is 2. The highest BCUT2D eigenvalue weighted by molar-refractivity contribution is 5.93. The number of benzene rings is 2. The summed E-state index contributed by atoms with van der Waals surface area (Å²) < 4.78 is 27.5. The van der Waals surface area contributed by atoms with Crippen LogP contribution in [0.5, 0.6) is 23.0 Å². The zero-order valence-corrected chi connectivity index (χ0v) is 14.6. The molecule has 0 amide bonds. The third-order valence-corrected chi connectivity index (χ3v) is 4.40. The van der Waals surface area contributed by atoms with Gasteiger partial charge in [-0.25, -0.2) is 9.97 Å². The van der Waals surface area contributed by atoms with Crippen molar-refractivity contribution in [2.24, 2.45) is 0 Å². The number of methoxy groups -OCH3 is 1. The largest absolute Gasteiger partial charge is 0.493 e. The van der Waals surface area contributed by atoms with E-state index < -0.39 is 0 Å². The van der Waals surface area contributed by atoms with Crippen molar-refractivity contribution in [1.29, 1.82) is 0 Å². The third-order valence-electron chi connectivity index (χ3n) is 4.40. The van der Waals surface area contributed by atoms with E-state index in [0.29, 0.717) is 35.4 Å². The predicted octanol–water partition coefficient (Wildman–Crippen LogP) is 2.89. The van der Waals surface area contributed by atoms with Gasteiger partial charge in [-0.15, -0.1) is 0 Å². The molecule has 3 heterocycles. The summed E-state index contributed by atoms with van der Waals surface area (Å²) in [5, 5.41) is 4.11. The Morgan fingerprint density at radius 3 is 2.96 bits per heavy atom. The summed E-state index contributed by atoms with van der Waals surface area (Å²) in [5.74, 6) is 3.25. The molecule has 5 rings (SSSR count). The summed E-state index contributed by atoms with van der Waals surface area (Å²) in [4.78, 5) is 8.74. The topological polar surface area (TPSA) is 87.3 Å². The number of hydrogen-bond donors (Lipinski definition) is 1. The number of nitrogens with one attached hydrogen (secondary N) is 1. The molecule has 1 N–H and O–H groups in total. The fourth-order valence-corrected chi connectivity index (χ4v) is 2.94. The minimum Gasteiger partial charge on any atom is -0.493 e. The molecule has 0 aliphatic carbocycles. The van der Waals surface area contributed by atoms with Crippen LogP contribution in [0.3, 0.4) is 0 Å². The van der Waals surface area contributed by atoms with Gasteiger partial charge in [-0.3, -0.25) is 0 Å². The summed E-state index contributed by atoms with van der Waals surface area (Å²) in [6.45, 7) is 1.43. The van der Waals surface area contributed by atoms with Gasteiger partial charge in [0.2, 0.25) is 6.79 Å². The first-order valence-electron chi connectivity index (χ1n) is 8.54. The van der Waals surface area contributed by atoms with Gasteiger partial charge in [-0.2, -0.15) is 0 Å². The van der Waals surface area contributed by atoms with E-state index in [-0.39, 0.29) is 12.9 Å². The first-order valence-corrected chi connectivity index (χ1v) is 8.54. The Morgan fingerprint density at radius 1 is 1.19 bits per heavy atom. The molecule has 1 unspecified atom stereocenters. The second-order valence-electron chi connectivity index (χ2n) is 6.17. The Kier molecular flexibility index (Phi) is 3.83. The van der Waals surface area contributed by atoms with Gasteiger partial charge in [0, 0.05) is 11.5 Å². The van der Waals surface area contributed by atoms with Crippen LogP contribution < -0.4 is 24.3 Å². The van der Waals surface area contributed by atoms with E-state index in [0.717, 1.165) is 23.2 Å². The van der Waals surface area contributed by atoms with E-state index in [1.165, 1.54) is 6.33 Å². The maximum Gasteiger partial charge on any atom is 0.231 e. The Labute approximate surface area is 155 Å². The first-order chi connectivity index (χ1) is 13.3. The third kappa shape index (κ3) is 3.04. The smallest absolute Gasteiger partial charge is 0.231 e. The SMILES string of the molecule is COc1cc2c(Nc3cccc4c3OCO4)ncnc2cc1OCC1CO1. The number of rotatable bonds is 6. The van der Waals surface area contributed by atoms with Crippen molar-refractivity contribution >= 4 is 22.4 Å². The van der Waals surface area contributed by atoms with Crippen LogP contribution in [0.15, 0.2) is 36.7 Å². The van der Waals surface area contributed by atoms with E-state index >= 15 is 0 Å². The van der Waals surface area contributed by atoms with Gasteiger partial charge in [-0.05, 0) is 18.2 Å². The number of aromatic nitrogens is 2. The number of ether oxygens (including phenoxy) is 5. The molecule has 27 heavy (non-hydrogen) atoms. The highest BCUT2D eigenvalue weighted by atomic mass is 16.7. The van der Waals surface area contributed by atoms with Crippen LogP contribution in [0, 0.1) is 0 Å². The maximum atomic E-state index is 5.81. The molecule has 2 aromatic carbocycles. The molecule has 8 nitrogen and oxygen atoms in total. The zero-order valence-electron chi connectivity index (χ0n) is 14.6. The molecular formula is C19H17N3O5. The molecule has 138 valence electrons. The summed E-state index contributed by atoms with van der Waals surface area (Å²) in [5.41, 5.74) is 1.51. The van der Waals surface area contributed by atoms with Gasteiger partial charge in [0.05, 0.1) is 24.9 Å². The van der Waals surface area contributed by atoms with Crippen molar-refractivity contribution in [3.05, 3.63) is 36.7 Å². The summed E-state index contributed by atoms with van der Waals surface area (Å²) >= 11 is 0. The van der Waals surface area contributed by atoms with E-state index in [1.807, 2.05) is 30.3 Å². The fourth-order valence-electron chi connectivity index (χ4n) is 2.94. The van der Waals surface area contributed by atoms with Crippen LogP contribution in [-0.4, -0.2) is 43.2 Å². The summed E-state index contributed by atoms with van der Waals surface area (Å²) in [7, 11) is 1.60. The number of fused-ring (bicyclic) bond motifs is 2. The summed E-state index contributed by atoms with van der Waals surface area (Å²) in [6.07, 6.45) is 1.67. The number of hydrogen-bond acceptors (Lipinski definition) is 8. The highest BCUT2D eigenvalue weighted by Gasteiger charge is 2.24. The lowest BCUT2D eigenvalue weighted by Crippen LogP contribution is -2.05. The molecule has 0 spiro atoms. The molecule has 2 aliphatic rings. The van der Waals surface area contributed by atoms with Crippen LogP contribution in [0.2, 0.25) is 0 Å². The number of para-hydroxylation sites is 1. The van der Waals surface area contributed by atoms with Crippen molar-refractivity contribution in [2.75, 3.05) is 32.4 Å². The minimum atomic E-state index is 0.162. The highest BCUT2D eigenvalue weighted by Crippen LogP contribution is 2.41. The van der Waals surface area contributed by atoms with Gasteiger partial charge in [0.1, 0.15) is 24.9 Å². The van der Waals surface area contributed by atoms with Crippen molar-refractivity contribution in [3.8, 4) is 23.0 Å². The molecule has 8 heteroatoms. The van der Waals surface area contributed by atoms with Gasteiger partial charge in [0.15, 0.2) is 23.0 Å². The molecule has 1 fully saturated rings. The molecule has 0 saturated carbocycles. The molecule has 1 atom stereocenters. The van der Waals surface area contributed by atoms with Crippen molar-refractivity contribution < 1.29 is 23.7 Å². The molecule has 1 saturated heterocycles. The Morgan fingerprint density at radius 2 is 2.11 bits per heavy atom. The van der Waals surface area contributed by atoms with Gasteiger partial charge in [0.25, 0.3) is 0 Å². The Hall–Kier alpha value is -3.26. The van der Waals surface area contributed by atoms with Gasteiger partial charge in [-0.1, -0.05) is 6.07 Å². The normalized spacial score (nSPS) is 17.0. The molecule has 0 radical (unpaired) electrons. The lowest BCUT2D eigenvalue weighted by molar-refractivity contribution is 0.174. The average Bonchev–Trinajstić information content (AvgIpc) is 3.40. The van der Waals surface area contributed by atoms with E-state index in [4.69, 9.17) is 23.7 Å². The van der Waals surface area contributed by atoms with E-state index in [9.17, 15) is 0 Å². The molecule has 2 aliphatic heterocycles. The average molecular weight is 367 g/mol. The second kappa shape index (κ2) is 6.48. The van der Waals surface area contributed by atoms with Crippen molar-refractivity contribution in [3.63, 3.8) is 0 Å². The fraction of sp³-hybridized carbons (Fsp3) is 0.263. The molecule has 1 aromatic heterocycles.